The number of aliphatic carboxylic acids is 1. The first-order valence-electron chi connectivity index (χ1n) is 5.46. The number of amides is 2. The zero-order valence-electron chi connectivity index (χ0n) is 9.39. The van der Waals surface area contributed by atoms with Crippen LogP contribution in [0, 0.1) is 5.92 Å². The largest absolute Gasteiger partial charge is 0.480 e. The molecule has 1 unspecified atom stereocenters. The van der Waals surface area contributed by atoms with Gasteiger partial charge < -0.3 is 21.9 Å². The van der Waals surface area contributed by atoms with E-state index >= 15 is 0 Å². The highest BCUT2D eigenvalue weighted by molar-refractivity contribution is 5.88. The number of carbonyl (C=O) groups excluding carboxylic acids is 2. The number of rotatable bonds is 7. The first kappa shape index (κ1) is 13.4. The fourth-order valence-electron chi connectivity index (χ4n) is 1.56. The second-order valence-electron chi connectivity index (χ2n) is 4.33. The van der Waals surface area contributed by atoms with E-state index in [0.717, 1.165) is 12.8 Å². The molecular formula is C10H17N3O4. The molecule has 0 aromatic rings. The fourth-order valence-corrected chi connectivity index (χ4v) is 1.56. The number of primary amides is 1. The monoisotopic (exact) mass is 243 g/mol. The van der Waals surface area contributed by atoms with Crippen LogP contribution in [-0.4, -0.2) is 35.0 Å². The van der Waals surface area contributed by atoms with Gasteiger partial charge in [-0.25, -0.2) is 4.79 Å². The summed E-state index contributed by atoms with van der Waals surface area (Å²) < 4.78 is 0. The fraction of sp³-hybridized carbons (Fsp3) is 0.700. The Labute approximate surface area is 98.5 Å². The van der Waals surface area contributed by atoms with E-state index in [1.807, 2.05) is 0 Å². The second kappa shape index (κ2) is 5.62. The van der Waals surface area contributed by atoms with Crippen LogP contribution in [0.3, 0.4) is 0 Å². The van der Waals surface area contributed by atoms with Crippen molar-refractivity contribution in [3.05, 3.63) is 0 Å². The Hall–Kier alpha value is -1.63. The van der Waals surface area contributed by atoms with Crippen LogP contribution in [0.2, 0.25) is 0 Å². The number of carbonyl (C=O) groups is 3. The van der Waals surface area contributed by atoms with E-state index in [0.29, 0.717) is 5.92 Å². The first-order valence-corrected chi connectivity index (χ1v) is 5.46. The molecule has 2 atom stereocenters. The summed E-state index contributed by atoms with van der Waals surface area (Å²) in [4.78, 5) is 32.8. The van der Waals surface area contributed by atoms with Gasteiger partial charge in [-0.15, -0.1) is 0 Å². The van der Waals surface area contributed by atoms with Crippen molar-refractivity contribution in [2.45, 2.75) is 37.8 Å². The topological polar surface area (TPSA) is 136 Å². The van der Waals surface area contributed by atoms with E-state index in [9.17, 15) is 14.4 Å². The standard InChI is InChI=1S/C10H17N3O4/c11-6(5-1-2-5)3-9(15)13-7(10(16)17)4-8(12)14/h5-7H,1-4,11H2,(H2,12,14)(H,13,15)(H,16,17)/t6?,7-/m0/s1. The number of nitrogens with one attached hydrogen (secondary N) is 1. The molecule has 1 aliphatic carbocycles. The lowest BCUT2D eigenvalue weighted by Crippen LogP contribution is -2.45. The van der Waals surface area contributed by atoms with Gasteiger partial charge in [0.2, 0.25) is 11.8 Å². The number of hydrogen-bond donors (Lipinski definition) is 4. The maximum Gasteiger partial charge on any atom is 0.326 e. The maximum absolute atomic E-state index is 11.5. The molecule has 7 heteroatoms. The number of carboxylic acid groups (broad SMARTS) is 1. The zero-order valence-corrected chi connectivity index (χ0v) is 9.39. The molecule has 0 aromatic heterocycles. The Morgan fingerprint density at radius 1 is 1.29 bits per heavy atom. The molecule has 0 radical (unpaired) electrons. The van der Waals surface area contributed by atoms with Crippen molar-refractivity contribution >= 4 is 17.8 Å². The van der Waals surface area contributed by atoms with Gasteiger partial charge in [0.05, 0.1) is 6.42 Å². The van der Waals surface area contributed by atoms with E-state index in [4.69, 9.17) is 16.6 Å². The second-order valence-corrected chi connectivity index (χ2v) is 4.33. The Kier molecular flexibility index (Phi) is 4.45. The summed E-state index contributed by atoms with van der Waals surface area (Å²) in [6.45, 7) is 0. The van der Waals surface area contributed by atoms with Crippen molar-refractivity contribution in [3.63, 3.8) is 0 Å². The molecule has 1 rings (SSSR count). The highest BCUT2D eigenvalue weighted by Crippen LogP contribution is 2.32. The molecule has 1 saturated carbocycles. The summed E-state index contributed by atoms with van der Waals surface area (Å²) in [7, 11) is 0. The predicted molar refractivity (Wildman–Crippen MR) is 58.7 cm³/mol. The van der Waals surface area contributed by atoms with Gasteiger partial charge in [-0.2, -0.15) is 0 Å². The normalized spacial score (nSPS) is 18.2. The minimum Gasteiger partial charge on any atom is -0.480 e. The quantitative estimate of drug-likeness (QED) is 0.434. The highest BCUT2D eigenvalue weighted by Gasteiger charge is 2.31. The average molecular weight is 243 g/mol. The van der Waals surface area contributed by atoms with Crippen molar-refractivity contribution in [1.82, 2.24) is 5.32 Å². The van der Waals surface area contributed by atoms with Crippen molar-refractivity contribution < 1.29 is 19.5 Å². The van der Waals surface area contributed by atoms with E-state index < -0.39 is 30.2 Å². The van der Waals surface area contributed by atoms with Gasteiger partial charge in [-0.1, -0.05) is 0 Å². The molecule has 6 N–H and O–H groups in total. The Morgan fingerprint density at radius 3 is 2.29 bits per heavy atom. The van der Waals surface area contributed by atoms with Crippen molar-refractivity contribution in [2.75, 3.05) is 0 Å². The van der Waals surface area contributed by atoms with Crippen LogP contribution in [0.1, 0.15) is 25.7 Å². The molecular weight excluding hydrogens is 226 g/mol. The summed E-state index contributed by atoms with van der Waals surface area (Å²) in [5.41, 5.74) is 10.6. The SMILES string of the molecule is NC(=O)C[C@H](NC(=O)CC(N)C1CC1)C(=O)O. The average Bonchev–Trinajstić information content (AvgIpc) is 2.98. The predicted octanol–water partition coefficient (Wildman–Crippen LogP) is -1.44. The Morgan fingerprint density at radius 2 is 1.88 bits per heavy atom. The van der Waals surface area contributed by atoms with Crippen LogP contribution in [0.15, 0.2) is 0 Å². The van der Waals surface area contributed by atoms with Gasteiger partial charge in [-0.3, -0.25) is 9.59 Å². The Balaban J connectivity index is 2.39. The van der Waals surface area contributed by atoms with Crippen LogP contribution in [0.4, 0.5) is 0 Å². The lowest BCUT2D eigenvalue weighted by atomic mass is 10.1. The van der Waals surface area contributed by atoms with Crippen LogP contribution >= 0.6 is 0 Å². The molecule has 0 saturated heterocycles. The molecule has 1 fully saturated rings. The maximum atomic E-state index is 11.5. The molecule has 0 aromatic carbocycles. The minimum atomic E-state index is -1.28. The summed E-state index contributed by atoms with van der Waals surface area (Å²) in [6.07, 6.45) is 1.68. The highest BCUT2D eigenvalue weighted by atomic mass is 16.4. The third-order valence-electron chi connectivity index (χ3n) is 2.69. The molecule has 96 valence electrons. The smallest absolute Gasteiger partial charge is 0.326 e. The summed E-state index contributed by atoms with van der Waals surface area (Å²) in [5.74, 6) is -2.15. The molecule has 0 aliphatic heterocycles. The molecule has 0 heterocycles. The summed E-state index contributed by atoms with van der Waals surface area (Å²) >= 11 is 0. The van der Waals surface area contributed by atoms with Gasteiger partial charge in [-0.05, 0) is 18.8 Å². The van der Waals surface area contributed by atoms with E-state index in [2.05, 4.69) is 5.32 Å². The molecule has 7 nitrogen and oxygen atoms in total. The van der Waals surface area contributed by atoms with Crippen molar-refractivity contribution in [1.29, 1.82) is 0 Å². The number of nitrogens with two attached hydrogens (primary N) is 2. The third-order valence-corrected chi connectivity index (χ3v) is 2.69. The lowest BCUT2D eigenvalue weighted by molar-refractivity contribution is -0.143. The van der Waals surface area contributed by atoms with Crippen LogP contribution < -0.4 is 16.8 Å². The van der Waals surface area contributed by atoms with Crippen LogP contribution in [-0.2, 0) is 14.4 Å². The van der Waals surface area contributed by atoms with Crippen LogP contribution in [0.25, 0.3) is 0 Å². The van der Waals surface area contributed by atoms with Gasteiger partial charge in [0.1, 0.15) is 6.04 Å². The summed E-state index contributed by atoms with van der Waals surface area (Å²) in [5, 5.41) is 11.0. The zero-order chi connectivity index (χ0) is 13.0. The molecule has 0 bridgehead atoms. The third kappa shape index (κ3) is 4.81. The molecule has 0 spiro atoms. The van der Waals surface area contributed by atoms with Gasteiger partial charge >= 0.3 is 5.97 Å². The van der Waals surface area contributed by atoms with Crippen molar-refractivity contribution in [3.8, 4) is 0 Å². The molecule has 1 aliphatic rings. The van der Waals surface area contributed by atoms with Gasteiger partial charge in [0.25, 0.3) is 0 Å². The lowest BCUT2D eigenvalue weighted by Gasteiger charge is -2.15. The molecule has 17 heavy (non-hydrogen) atoms. The first-order chi connectivity index (χ1) is 7.90. The number of carboxylic acids is 1. The van der Waals surface area contributed by atoms with Crippen LogP contribution in [0.5, 0.6) is 0 Å². The minimum absolute atomic E-state index is 0.0766. The summed E-state index contributed by atoms with van der Waals surface area (Å²) in [6, 6.07) is -1.51. The van der Waals surface area contributed by atoms with E-state index in [-0.39, 0.29) is 12.5 Å². The van der Waals surface area contributed by atoms with Gasteiger partial charge in [0.15, 0.2) is 0 Å². The number of hydrogen-bond acceptors (Lipinski definition) is 4. The van der Waals surface area contributed by atoms with Crippen molar-refractivity contribution in [2.24, 2.45) is 17.4 Å². The van der Waals surface area contributed by atoms with Gasteiger partial charge in [0, 0.05) is 12.5 Å². The molecule has 2 amide bonds. The Bertz CT molecular complexity index is 328. The van der Waals surface area contributed by atoms with E-state index in [1.165, 1.54) is 0 Å². The van der Waals surface area contributed by atoms with E-state index in [1.54, 1.807) is 0 Å².